The van der Waals surface area contributed by atoms with Crippen LogP contribution in [0.5, 0.6) is 17.2 Å². The molecule has 2 aromatic rings. The van der Waals surface area contributed by atoms with Crippen molar-refractivity contribution in [2.75, 3.05) is 13.2 Å². The Hall–Kier alpha value is -2.82. The molecule has 0 aliphatic heterocycles. The average molecular weight is 650 g/mol. The number of phenols is 1. The summed E-state index contributed by atoms with van der Waals surface area (Å²) >= 11 is 0. The molecule has 0 radical (unpaired) electrons. The lowest BCUT2D eigenvalue weighted by molar-refractivity contribution is 0.0734. The molecule has 0 heterocycles. The lowest BCUT2D eigenvalue weighted by Crippen LogP contribution is -2.08. The van der Waals surface area contributed by atoms with Gasteiger partial charge in [-0.3, -0.25) is 4.99 Å². The van der Waals surface area contributed by atoms with Gasteiger partial charge in [0.2, 0.25) is 0 Å². The van der Waals surface area contributed by atoms with Gasteiger partial charge in [-0.1, -0.05) is 155 Å². The van der Waals surface area contributed by atoms with Crippen LogP contribution in [0.15, 0.2) is 47.5 Å². The van der Waals surface area contributed by atoms with Gasteiger partial charge in [0.1, 0.15) is 17.2 Å². The van der Waals surface area contributed by atoms with E-state index in [2.05, 4.69) is 18.8 Å². The minimum atomic E-state index is -0.469. The van der Waals surface area contributed by atoms with Crippen molar-refractivity contribution in [2.45, 2.75) is 168 Å². The number of benzene rings is 2. The van der Waals surface area contributed by atoms with Crippen LogP contribution in [0.25, 0.3) is 0 Å². The summed E-state index contributed by atoms with van der Waals surface area (Å²) in [6, 6.07) is 11.9. The molecule has 264 valence electrons. The maximum Gasteiger partial charge on any atom is 0.343 e. The number of nitrogens with zero attached hydrogens (tertiary/aromatic N) is 1. The van der Waals surface area contributed by atoms with E-state index < -0.39 is 5.97 Å². The van der Waals surface area contributed by atoms with Crippen LogP contribution < -0.4 is 9.47 Å². The molecule has 0 amide bonds. The van der Waals surface area contributed by atoms with E-state index in [1.807, 2.05) is 0 Å². The molecule has 5 nitrogen and oxygen atoms in total. The molecule has 2 aromatic carbocycles. The Balaban J connectivity index is 1.51. The summed E-state index contributed by atoms with van der Waals surface area (Å²) in [6.45, 7) is 5.97. The van der Waals surface area contributed by atoms with Crippen molar-refractivity contribution >= 4 is 12.2 Å². The Morgan fingerprint density at radius 2 is 1.04 bits per heavy atom. The summed E-state index contributed by atoms with van der Waals surface area (Å²) in [5.74, 6) is 0.641. The second kappa shape index (κ2) is 28.2. The van der Waals surface area contributed by atoms with E-state index in [1.54, 1.807) is 42.6 Å². The van der Waals surface area contributed by atoms with E-state index >= 15 is 0 Å². The number of carbonyl (C=O) groups excluding carboxylic acids is 1. The fraction of sp³-hybridized carbons (Fsp3) is 0.667. The second-order valence-corrected chi connectivity index (χ2v) is 13.3. The van der Waals surface area contributed by atoms with Gasteiger partial charge < -0.3 is 14.6 Å². The quantitative estimate of drug-likeness (QED) is 0.0396. The largest absolute Gasteiger partial charge is 0.507 e. The highest BCUT2D eigenvalue weighted by atomic mass is 16.5. The van der Waals surface area contributed by atoms with Gasteiger partial charge >= 0.3 is 5.97 Å². The van der Waals surface area contributed by atoms with Crippen LogP contribution in [0, 0.1) is 0 Å². The molecule has 5 heteroatoms. The van der Waals surface area contributed by atoms with Crippen LogP contribution in [-0.2, 0) is 0 Å². The van der Waals surface area contributed by atoms with Crippen molar-refractivity contribution in [3.63, 3.8) is 0 Å². The van der Waals surface area contributed by atoms with Crippen molar-refractivity contribution < 1.29 is 19.4 Å². The van der Waals surface area contributed by atoms with E-state index in [0.29, 0.717) is 23.5 Å². The first kappa shape index (κ1) is 40.4. The number of carbonyl (C=O) groups is 1. The van der Waals surface area contributed by atoms with E-state index in [4.69, 9.17) is 9.47 Å². The molecule has 47 heavy (non-hydrogen) atoms. The third-order valence-corrected chi connectivity index (χ3v) is 8.94. The van der Waals surface area contributed by atoms with Gasteiger partial charge in [-0.15, -0.1) is 0 Å². The summed E-state index contributed by atoms with van der Waals surface area (Å²) in [7, 11) is 0. The smallest absolute Gasteiger partial charge is 0.343 e. The molecule has 1 N–H and O–H groups in total. The van der Waals surface area contributed by atoms with Crippen LogP contribution in [0.1, 0.15) is 184 Å². The zero-order valence-electron chi connectivity index (χ0n) is 30.1. The van der Waals surface area contributed by atoms with Crippen molar-refractivity contribution in [3.05, 3.63) is 53.6 Å². The highest BCUT2D eigenvalue weighted by molar-refractivity contribution is 5.91. The fourth-order valence-corrected chi connectivity index (χ4v) is 5.89. The molecular formula is C42H67NO4. The molecular weight excluding hydrogens is 582 g/mol. The highest BCUT2D eigenvalue weighted by Crippen LogP contribution is 2.24. The van der Waals surface area contributed by atoms with E-state index in [1.165, 1.54) is 147 Å². The number of rotatable bonds is 30. The minimum absolute atomic E-state index is 0.0516. The third kappa shape index (κ3) is 20.9. The lowest BCUT2D eigenvalue weighted by Gasteiger charge is -2.08. The first-order valence-electron chi connectivity index (χ1n) is 19.4. The van der Waals surface area contributed by atoms with Gasteiger partial charge in [-0.25, -0.2) is 4.79 Å². The van der Waals surface area contributed by atoms with Crippen molar-refractivity contribution in [2.24, 2.45) is 4.99 Å². The van der Waals surface area contributed by atoms with Crippen molar-refractivity contribution in [1.82, 2.24) is 0 Å². The van der Waals surface area contributed by atoms with Crippen LogP contribution in [0.4, 0.5) is 0 Å². The fourth-order valence-electron chi connectivity index (χ4n) is 5.89. The molecule has 0 bridgehead atoms. The van der Waals surface area contributed by atoms with Gasteiger partial charge in [0.25, 0.3) is 0 Å². The first-order chi connectivity index (χ1) is 23.1. The number of hydrogen-bond acceptors (Lipinski definition) is 5. The zero-order chi connectivity index (χ0) is 33.6. The molecule has 0 aromatic heterocycles. The minimum Gasteiger partial charge on any atom is -0.507 e. The molecule has 0 fully saturated rings. The Morgan fingerprint density at radius 1 is 0.596 bits per heavy atom. The number of phenolic OH excluding ortho intramolecular Hbond substituents is 1. The monoisotopic (exact) mass is 650 g/mol. The van der Waals surface area contributed by atoms with Crippen LogP contribution >= 0.6 is 0 Å². The summed E-state index contributed by atoms with van der Waals surface area (Å²) in [6.07, 6.45) is 33.5. The summed E-state index contributed by atoms with van der Waals surface area (Å²) in [5.41, 5.74) is 1.06. The highest BCUT2D eigenvalue weighted by Gasteiger charge is 2.11. The Morgan fingerprint density at radius 3 is 1.53 bits per heavy atom. The van der Waals surface area contributed by atoms with Crippen molar-refractivity contribution in [1.29, 1.82) is 0 Å². The normalized spacial score (nSPS) is 11.4. The standard InChI is InChI=1S/C42H67NO4/c1-3-5-7-9-11-13-14-15-16-17-18-19-20-21-23-25-33-43-36-38-29-32-40(35-41(38)44)47-42(45)37-27-30-39(31-28-37)46-34-26-24-22-12-10-8-6-4-2/h27-32,35-36,44H,3-26,33-34H2,1-2H3. The summed E-state index contributed by atoms with van der Waals surface area (Å²) in [4.78, 5) is 17.1. The average Bonchev–Trinajstić information content (AvgIpc) is 3.08. The molecule has 2 rings (SSSR count). The number of ether oxygens (including phenoxy) is 2. The predicted octanol–water partition coefficient (Wildman–Crippen LogP) is 12.8. The predicted molar refractivity (Wildman–Crippen MR) is 200 cm³/mol. The molecule has 0 aliphatic rings. The van der Waals surface area contributed by atoms with E-state index in [-0.39, 0.29) is 5.75 Å². The van der Waals surface area contributed by atoms with Gasteiger partial charge in [-0.2, -0.15) is 0 Å². The number of aromatic hydroxyl groups is 1. The molecule has 0 spiro atoms. The maximum absolute atomic E-state index is 12.6. The van der Waals surface area contributed by atoms with Gasteiger partial charge in [0.15, 0.2) is 0 Å². The zero-order valence-corrected chi connectivity index (χ0v) is 30.1. The summed E-state index contributed by atoms with van der Waals surface area (Å²) < 4.78 is 11.3. The number of esters is 1. The number of aliphatic imine (C=N–C) groups is 1. The molecule has 0 saturated carbocycles. The first-order valence-corrected chi connectivity index (χ1v) is 19.4. The third-order valence-electron chi connectivity index (χ3n) is 8.94. The maximum atomic E-state index is 12.6. The van der Waals surface area contributed by atoms with Gasteiger partial charge in [-0.05, 0) is 49.2 Å². The molecule has 0 atom stereocenters. The molecule has 0 saturated heterocycles. The topological polar surface area (TPSA) is 68.1 Å². The summed E-state index contributed by atoms with van der Waals surface area (Å²) in [5, 5.41) is 10.4. The van der Waals surface area contributed by atoms with E-state index in [0.717, 1.165) is 25.1 Å². The van der Waals surface area contributed by atoms with Crippen LogP contribution in [-0.4, -0.2) is 30.4 Å². The SMILES string of the molecule is CCCCCCCCCCCCCCCCCCN=Cc1ccc(OC(=O)c2ccc(OCCCCCCCCCC)cc2)cc1O. The van der Waals surface area contributed by atoms with E-state index in [9.17, 15) is 9.90 Å². The van der Waals surface area contributed by atoms with Gasteiger partial charge in [0.05, 0.1) is 12.2 Å². The van der Waals surface area contributed by atoms with Crippen LogP contribution in [0.2, 0.25) is 0 Å². The second-order valence-electron chi connectivity index (χ2n) is 13.3. The lowest BCUT2D eigenvalue weighted by atomic mass is 10.0. The Bertz CT molecular complexity index is 1060. The molecule has 0 aliphatic carbocycles. The number of unbranched alkanes of at least 4 members (excludes halogenated alkanes) is 22. The van der Waals surface area contributed by atoms with Gasteiger partial charge in [0, 0.05) is 24.4 Å². The Labute approximate surface area is 288 Å². The van der Waals surface area contributed by atoms with Crippen LogP contribution in [0.3, 0.4) is 0 Å². The Kier molecular flexibility index (Phi) is 24.2. The van der Waals surface area contributed by atoms with Crippen molar-refractivity contribution in [3.8, 4) is 17.2 Å². The number of hydrogen-bond donors (Lipinski definition) is 1. The molecule has 0 unspecified atom stereocenters.